The van der Waals surface area contributed by atoms with Gasteiger partial charge in [0.25, 0.3) is 0 Å². The van der Waals surface area contributed by atoms with E-state index in [0.717, 1.165) is 0 Å². The molecule has 0 radical (unpaired) electrons. The molecule has 0 spiro atoms. The Morgan fingerprint density at radius 2 is 1.74 bits per heavy atom. The second-order valence-corrected chi connectivity index (χ2v) is 9.12. The van der Waals surface area contributed by atoms with Crippen LogP contribution in [0.3, 0.4) is 0 Å². The molecule has 2 unspecified atom stereocenters. The Balaban J connectivity index is 3.21. The van der Waals surface area contributed by atoms with Gasteiger partial charge in [-0.2, -0.15) is 12.6 Å². The van der Waals surface area contributed by atoms with Gasteiger partial charge in [-0.1, -0.05) is 19.1 Å². The third-order valence-corrected chi connectivity index (χ3v) is 4.99. The monoisotopic (exact) mass is 511 g/mol. The maximum atomic E-state index is 13.5. The number of hydrogen-bond acceptors (Lipinski definition) is 8. The lowest BCUT2D eigenvalue weighted by molar-refractivity contribution is -0.144. The van der Waals surface area contributed by atoms with Crippen LogP contribution in [-0.2, 0) is 23.9 Å². The number of esters is 1. The molecule has 0 heterocycles. The first-order valence-corrected chi connectivity index (χ1v) is 12.2. The summed E-state index contributed by atoms with van der Waals surface area (Å²) in [6, 6.07) is 3.78. The molecule has 0 aliphatic heterocycles. The molecule has 196 valence electrons. The fraction of sp³-hybridized carbons (Fsp3) is 0.583. The van der Waals surface area contributed by atoms with Crippen LogP contribution in [0.2, 0.25) is 0 Å². The fourth-order valence-electron chi connectivity index (χ4n) is 3.19. The Bertz CT molecular complexity index is 856. The zero-order chi connectivity index (χ0) is 26.6. The van der Waals surface area contributed by atoms with Gasteiger partial charge in [0.05, 0.1) is 13.0 Å². The minimum atomic E-state index is -1.08. The number of nitrogens with zero attached hydrogens (tertiary/aromatic N) is 1. The van der Waals surface area contributed by atoms with Gasteiger partial charge in [0.2, 0.25) is 11.8 Å². The quantitative estimate of drug-likeness (QED) is 0.250. The molecule has 1 aromatic rings. The number of nitrogens with one attached hydrogen (secondary N) is 2. The molecule has 1 aromatic carbocycles. The SMILES string of the molecule is CCCN(C(=O)C(CS)NC(=O)OC(C)(C)C)C(C(=O)NCCC(=O)OCC)c1ccc(O)cc1. The molecular weight excluding hydrogens is 474 g/mol. The lowest BCUT2D eigenvalue weighted by Gasteiger charge is -2.34. The van der Waals surface area contributed by atoms with Crippen LogP contribution in [0.4, 0.5) is 4.79 Å². The lowest BCUT2D eigenvalue weighted by atomic mass is 10.0. The molecule has 0 fully saturated rings. The van der Waals surface area contributed by atoms with E-state index < -0.39 is 41.6 Å². The van der Waals surface area contributed by atoms with Crippen molar-refractivity contribution in [3.63, 3.8) is 0 Å². The third kappa shape index (κ3) is 10.5. The molecule has 0 aliphatic carbocycles. The van der Waals surface area contributed by atoms with Gasteiger partial charge >= 0.3 is 12.1 Å². The second kappa shape index (κ2) is 14.4. The van der Waals surface area contributed by atoms with E-state index >= 15 is 0 Å². The fourth-order valence-corrected chi connectivity index (χ4v) is 3.44. The molecule has 2 atom stereocenters. The molecule has 35 heavy (non-hydrogen) atoms. The summed E-state index contributed by atoms with van der Waals surface area (Å²) in [7, 11) is 0. The van der Waals surface area contributed by atoms with Crippen molar-refractivity contribution in [3.8, 4) is 5.75 Å². The van der Waals surface area contributed by atoms with Crippen LogP contribution in [0.1, 0.15) is 59.1 Å². The summed E-state index contributed by atoms with van der Waals surface area (Å²) in [5.74, 6) is -1.51. The van der Waals surface area contributed by atoms with Crippen molar-refractivity contribution < 1.29 is 33.8 Å². The van der Waals surface area contributed by atoms with Crippen LogP contribution < -0.4 is 10.6 Å². The number of carbonyl (C=O) groups is 4. The summed E-state index contributed by atoms with van der Waals surface area (Å²) in [6.07, 6.45) is -0.271. The number of thiol groups is 1. The molecule has 0 saturated heterocycles. The second-order valence-electron chi connectivity index (χ2n) is 8.75. The van der Waals surface area contributed by atoms with E-state index in [4.69, 9.17) is 9.47 Å². The Labute approximate surface area is 212 Å². The molecule has 3 N–H and O–H groups in total. The first-order valence-electron chi connectivity index (χ1n) is 11.6. The number of benzene rings is 1. The van der Waals surface area contributed by atoms with E-state index in [1.54, 1.807) is 27.7 Å². The smallest absolute Gasteiger partial charge is 0.408 e. The number of carbonyl (C=O) groups excluding carboxylic acids is 4. The first-order chi connectivity index (χ1) is 16.4. The van der Waals surface area contributed by atoms with Crippen LogP contribution in [0.25, 0.3) is 0 Å². The van der Waals surface area contributed by atoms with Crippen molar-refractivity contribution in [2.75, 3.05) is 25.4 Å². The number of alkyl carbamates (subject to hydrolysis) is 1. The van der Waals surface area contributed by atoms with E-state index in [0.29, 0.717) is 12.0 Å². The van der Waals surface area contributed by atoms with Crippen molar-refractivity contribution >= 4 is 36.5 Å². The molecular formula is C24H37N3O7S. The molecule has 10 nitrogen and oxygen atoms in total. The Kier molecular flexibility index (Phi) is 12.4. The molecule has 11 heteroatoms. The normalized spacial score (nSPS) is 12.7. The topological polar surface area (TPSA) is 134 Å². The number of amides is 3. The van der Waals surface area contributed by atoms with Gasteiger partial charge in [-0.15, -0.1) is 0 Å². The molecule has 0 bridgehead atoms. The Morgan fingerprint density at radius 1 is 1.11 bits per heavy atom. The van der Waals surface area contributed by atoms with Gasteiger partial charge in [0.15, 0.2) is 0 Å². The number of ether oxygens (including phenoxy) is 2. The summed E-state index contributed by atoms with van der Waals surface area (Å²) in [5, 5.41) is 14.9. The number of hydrogen-bond donors (Lipinski definition) is 4. The number of phenolic OH excluding ortho intramolecular Hbond substituents is 1. The summed E-state index contributed by atoms with van der Waals surface area (Å²) >= 11 is 4.22. The van der Waals surface area contributed by atoms with Gasteiger partial charge in [0, 0.05) is 18.8 Å². The van der Waals surface area contributed by atoms with E-state index in [-0.39, 0.29) is 37.6 Å². The summed E-state index contributed by atoms with van der Waals surface area (Å²) in [5.41, 5.74) is -0.307. The van der Waals surface area contributed by atoms with Gasteiger partial charge in [0.1, 0.15) is 23.4 Å². The highest BCUT2D eigenvalue weighted by atomic mass is 32.1. The maximum absolute atomic E-state index is 13.5. The number of aromatic hydroxyl groups is 1. The van der Waals surface area contributed by atoms with Crippen molar-refractivity contribution in [3.05, 3.63) is 29.8 Å². The molecule has 0 aromatic heterocycles. The zero-order valence-electron chi connectivity index (χ0n) is 21.0. The Hall–Kier alpha value is -2.95. The standard InChI is InChI=1S/C24H37N3O7S/c1-6-14-27(22(31)18(15-35)26-23(32)34-24(3,4)5)20(16-8-10-17(28)11-9-16)21(30)25-13-12-19(29)33-7-2/h8-11,18,20,28,35H,6-7,12-15H2,1-5H3,(H,25,30)(H,26,32). The molecule has 0 aliphatic rings. The minimum Gasteiger partial charge on any atom is -0.508 e. The zero-order valence-corrected chi connectivity index (χ0v) is 21.9. The molecule has 3 amide bonds. The van der Waals surface area contributed by atoms with Crippen LogP contribution in [0.15, 0.2) is 24.3 Å². The maximum Gasteiger partial charge on any atom is 0.408 e. The third-order valence-electron chi connectivity index (χ3n) is 4.62. The highest BCUT2D eigenvalue weighted by molar-refractivity contribution is 7.80. The highest BCUT2D eigenvalue weighted by Crippen LogP contribution is 2.25. The van der Waals surface area contributed by atoms with E-state index in [9.17, 15) is 24.3 Å². The lowest BCUT2D eigenvalue weighted by Crippen LogP contribution is -2.54. The minimum absolute atomic E-state index is 0.00316. The molecule has 0 saturated carbocycles. The van der Waals surface area contributed by atoms with Crippen LogP contribution in [0.5, 0.6) is 5.75 Å². The average Bonchev–Trinajstić information content (AvgIpc) is 2.77. The summed E-state index contributed by atoms with van der Waals surface area (Å²) in [4.78, 5) is 52.1. The van der Waals surface area contributed by atoms with Crippen LogP contribution in [-0.4, -0.2) is 71.0 Å². The van der Waals surface area contributed by atoms with Gasteiger partial charge in [-0.3, -0.25) is 14.4 Å². The van der Waals surface area contributed by atoms with Gasteiger partial charge in [-0.25, -0.2) is 4.79 Å². The van der Waals surface area contributed by atoms with Crippen molar-refractivity contribution in [1.29, 1.82) is 0 Å². The average molecular weight is 512 g/mol. The van der Waals surface area contributed by atoms with Gasteiger partial charge in [-0.05, 0) is 51.8 Å². The van der Waals surface area contributed by atoms with Crippen LogP contribution in [0, 0.1) is 0 Å². The Morgan fingerprint density at radius 3 is 2.26 bits per heavy atom. The van der Waals surface area contributed by atoms with Gasteiger partial charge < -0.3 is 30.1 Å². The highest BCUT2D eigenvalue weighted by Gasteiger charge is 2.35. The van der Waals surface area contributed by atoms with Crippen molar-refractivity contribution in [2.24, 2.45) is 0 Å². The molecule has 1 rings (SSSR count). The predicted octanol–water partition coefficient (Wildman–Crippen LogP) is 2.56. The largest absolute Gasteiger partial charge is 0.508 e. The van der Waals surface area contributed by atoms with E-state index in [2.05, 4.69) is 23.3 Å². The van der Waals surface area contributed by atoms with E-state index in [1.165, 1.54) is 29.2 Å². The summed E-state index contributed by atoms with van der Waals surface area (Å²) < 4.78 is 10.1. The summed E-state index contributed by atoms with van der Waals surface area (Å²) in [6.45, 7) is 9.11. The van der Waals surface area contributed by atoms with E-state index in [1.807, 2.05) is 6.92 Å². The van der Waals surface area contributed by atoms with Crippen LogP contribution >= 0.6 is 12.6 Å². The predicted molar refractivity (Wildman–Crippen MR) is 134 cm³/mol. The van der Waals surface area contributed by atoms with Crippen molar-refractivity contribution in [2.45, 2.75) is 65.1 Å². The van der Waals surface area contributed by atoms with Crippen molar-refractivity contribution in [1.82, 2.24) is 15.5 Å². The first kappa shape index (κ1) is 30.1. The number of rotatable bonds is 12. The number of phenols is 1.